The summed E-state index contributed by atoms with van der Waals surface area (Å²) >= 11 is 0. The molecule has 0 aromatic heterocycles. The molecule has 0 radical (unpaired) electrons. The maximum Gasteiger partial charge on any atom is 0.0662 e. The van der Waals surface area contributed by atoms with Crippen LogP contribution in [-0.2, 0) is 16.7 Å². The van der Waals surface area contributed by atoms with Crippen molar-refractivity contribution >= 4 is 0 Å². The molecule has 0 heterocycles. The third kappa shape index (κ3) is 2.93. The van der Waals surface area contributed by atoms with E-state index >= 15 is 0 Å². The minimum absolute atomic E-state index is 0.0901. The van der Waals surface area contributed by atoms with Crippen LogP contribution < -0.4 is 5.73 Å². The van der Waals surface area contributed by atoms with Gasteiger partial charge in [0.25, 0.3) is 0 Å². The smallest absolute Gasteiger partial charge is 0.0662 e. The SMILES string of the molecule is COC(C)(C)Cc1cccc(C2(N)CCCC2)c1. The number of nitrogens with two attached hydrogens (primary N) is 1. The topological polar surface area (TPSA) is 35.2 Å². The van der Waals surface area contributed by atoms with E-state index in [9.17, 15) is 0 Å². The summed E-state index contributed by atoms with van der Waals surface area (Å²) in [6.45, 7) is 4.24. The number of benzene rings is 1. The van der Waals surface area contributed by atoms with Gasteiger partial charge >= 0.3 is 0 Å². The molecule has 0 atom stereocenters. The fraction of sp³-hybridized carbons (Fsp3) is 0.625. The summed E-state index contributed by atoms with van der Waals surface area (Å²) < 4.78 is 5.50. The summed E-state index contributed by atoms with van der Waals surface area (Å²) in [4.78, 5) is 0. The maximum atomic E-state index is 6.51. The zero-order valence-electron chi connectivity index (χ0n) is 11.8. The first-order chi connectivity index (χ1) is 8.45. The highest BCUT2D eigenvalue weighted by molar-refractivity contribution is 5.31. The third-order valence-electron chi connectivity index (χ3n) is 4.18. The fourth-order valence-corrected chi connectivity index (χ4v) is 2.85. The largest absolute Gasteiger partial charge is 0.378 e. The van der Waals surface area contributed by atoms with Crippen molar-refractivity contribution < 1.29 is 4.74 Å². The van der Waals surface area contributed by atoms with Gasteiger partial charge in [-0.2, -0.15) is 0 Å². The van der Waals surface area contributed by atoms with E-state index in [1.54, 1.807) is 7.11 Å². The van der Waals surface area contributed by atoms with Crippen LogP contribution in [0.2, 0.25) is 0 Å². The Labute approximate surface area is 111 Å². The first kappa shape index (κ1) is 13.6. The van der Waals surface area contributed by atoms with Crippen molar-refractivity contribution in [2.45, 2.75) is 57.1 Å². The molecule has 2 rings (SSSR count). The van der Waals surface area contributed by atoms with E-state index in [2.05, 4.69) is 38.1 Å². The van der Waals surface area contributed by atoms with Crippen LogP contribution in [-0.4, -0.2) is 12.7 Å². The van der Waals surface area contributed by atoms with Crippen molar-refractivity contribution in [1.82, 2.24) is 0 Å². The van der Waals surface area contributed by atoms with Crippen LogP contribution in [0.15, 0.2) is 24.3 Å². The lowest BCUT2D eigenvalue weighted by Gasteiger charge is -2.27. The lowest BCUT2D eigenvalue weighted by molar-refractivity contribution is 0.0232. The molecule has 1 aromatic carbocycles. The summed E-state index contributed by atoms with van der Waals surface area (Å²) in [6, 6.07) is 8.74. The molecule has 1 aromatic rings. The second kappa shape index (κ2) is 5.02. The van der Waals surface area contributed by atoms with Crippen molar-refractivity contribution in [3.8, 4) is 0 Å². The number of ether oxygens (including phenoxy) is 1. The molecule has 0 unspecified atom stereocenters. The van der Waals surface area contributed by atoms with Crippen molar-refractivity contribution in [1.29, 1.82) is 0 Å². The van der Waals surface area contributed by atoms with Gasteiger partial charge in [0.2, 0.25) is 0 Å². The van der Waals surface area contributed by atoms with E-state index in [0.29, 0.717) is 0 Å². The molecule has 0 aliphatic heterocycles. The molecule has 0 bridgehead atoms. The van der Waals surface area contributed by atoms with Crippen LogP contribution in [0.4, 0.5) is 0 Å². The number of methoxy groups -OCH3 is 1. The molecule has 18 heavy (non-hydrogen) atoms. The van der Waals surface area contributed by atoms with Crippen molar-refractivity contribution in [3.05, 3.63) is 35.4 Å². The normalized spacial score (nSPS) is 19.1. The average molecular weight is 247 g/mol. The van der Waals surface area contributed by atoms with Crippen LogP contribution in [0.5, 0.6) is 0 Å². The van der Waals surface area contributed by atoms with Crippen LogP contribution in [0.3, 0.4) is 0 Å². The Hall–Kier alpha value is -0.860. The Morgan fingerprint density at radius 2 is 1.94 bits per heavy atom. The molecule has 0 saturated heterocycles. The van der Waals surface area contributed by atoms with Crippen molar-refractivity contribution in [2.24, 2.45) is 5.73 Å². The molecule has 0 amide bonds. The monoisotopic (exact) mass is 247 g/mol. The summed E-state index contributed by atoms with van der Waals surface area (Å²) in [6.07, 6.45) is 5.66. The first-order valence-corrected chi connectivity index (χ1v) is 6.89. The minimum Gasteiger partial charge on any atom is -0.378 e. The van der Waals surface area contributed by atoms with Gasteiger partial charge < -0.3 is 10.5 Å². The van der Waals surface area contributed by atoms with Gasteiger partial charge in [-0.05, 0) is 37.8 Å². The van der Waals surface area contributed by atoms with Gasteiger partial charge in [0, 0.05) is 19.1 Å². The predicted molar refractivity (Wildman–Crippen MR) is 75.6 cm³/mol. The van der Waals surface area contributed by atoms with Gasteiger partial charge in [0.15, 0.2) is 0 Å². The van der Waals surface area contributed by atoms with Crippen LogP contribution in [0.1, 0.15) is 50.7 Å². The Kier molecular flexibility index (Phi) is 3.79. The number of hydrogen-bond donors (Lipinski definition) is 1. The highest BCUT2D eigenvalue weighted by Gasteiger charge is 2.31. The Morgan fingerprint density at radius 3 is 2.56 bits per heavy atom. The zero-order chi connectivity index (χ0) is 13.2. The summed E-state index contributed by atoms with van der Waals surface area (Å²) in [5.74, 6) is 0. The molecular formula is C16H25NO. The molecule has 2 heteroatoms. The Balaban J connectivity index is 2.20. The van der Waals surface area contributed by atoms with Crippen molar-refractivity contribution in [3.63, 3.8) is 0 Å². The molecule has 1 fully saturated rings. The fourth-order valence-electron chi connectivity index (χ4n) is 2.85. The quantitative estimate of drug-likeness (QED) is 0.885. The van der Waals surface area contributed by atoms with Crippen LogP contribution >= 0.6 is 0 Å². The number of rotatable bonds is 4. The lowest BCUT2D eigenvalue weighted by atomic mass is 9.87. The molecule has 0 spiro atoms. The molecule has 1 aliphatic rings. The summed E-state index contributed by atoms with van der Waals surface area (Å²) in [7, 11) is 1.77. The average Bonchev–Trinajstić information content (AvgIpc) is 2.77. The maximum absolute atomic E-state index is 6.51. The van der Waals surface area contributed by atoms with E-state index in [1.165, 1.54) is 24.0 Å². The molecule has 100 valence electrons. The standard InChI is InChI=1S/C16H25NO/c1-15(2,18-3)12-13-7-6-8-14(11-13)16(17)9-4-5-10-16/h6-8,11H,4-5,9-10,12,17H2,1-3H3. The van der Waals surface area contributed by atoms with Gasteiger partial charge in [-0.25, -0.2) is 0 Å². The first-order valence-electron chi connectivity index (χ1n) is 6.89. The third-order valence-corrected chi connectivity index (χ3v) is 4.18. The predicted octanol–water partition coefficient (Wildman–Crippen LogP) is 3.38. The van der Waals surface area contributed by atoms with E-state index in [1.807, 2.05) is 0 Å². The van der Waals surface area contributed by atoms with E-state index in [0.717, 1.165) is 19.3 Å². The van der Waals surface area contributed by atoms with Gasteiger partial charge in [0.1, 0.15) is 0 Å². The lowest BCUT2D eigenvalue weighted by Crippen LogP contribution is -2.33. The Bertz CT molecular complexity index is 405. The van der Waals surface area contributed by atoms with Gasteiger partial charge in [-0.3, -0.25) is 0 Å². The second-order valence-corrected chi connectivity index (χ2v) is 6.20. The minimum atomic E-state index is -0.115. The number of hydrogen-bond acceptors (Lipinski definition) is 2. The highest BCUT2D eigenvalue weighted by Crippen LogP contribution is 2.36. The molecule has 2 N–H and O–H groups in total. The van der Waals surface area contributed by atoms with E-state index in [-0.39, 0.29) is 11.1 Å². The van der Waals surface area contributed by atoms with E-state index in [4.69, 9.17) is 10.5 Å². The molecule has 1 aliphatic carbocycles. The van der Waals surface area contributed by atoms with Crippen molar-refractivity contribution in [2.75, 3.05) is 7.11 Å². The molecule has 1 saturated carbocycles. The summed E-state index contributed by atoms with van der Waals surface area (Å²) in [5, 5.41) is 0. The van der Waals surface area contributed by atoms with E-state index < -0.39 is 0 Å². The highest BCUT2D eigenvalue weighted by atomic mass is 16.5. The van der Waals surface area contributed by atoms with Gasteiger partial charge in [-0.1, -0.05) is 37.1 Å². The zero-order valence-corrected chi connectivity index (χ0v) is 11.8. The summed E-state index contributed by atoms with van der Waals surface area (Å²) in [5.41, 5.74) is 8.92. The van der Waals surface area contributed by atoms with Crippen LogP contribution in [0, 0.1) is 0 Å². The van der Waals surface area contributed by atoms with Crippen LogP contribution in [0.25, 0.3) is 0 Å². The molecular weight excluding hydrogens is 222 g/mol. The van der Waals surface area contributed by atoms with Gasteiger partial charge in [-0.15, -0.1) is 0 Å². The molecule has 2 nitrogen and oxygen atoms in total. The second-order valence-electron chi connectivity index (χ2n) is 6.20. The Morgan fingerprint density at radius 1 is 1.28 bits per heavy atom. The van der Waals surface area contributed by atoms with Gasteiger partial charge in [0.05, 0.1) is 5.60 Å².